The van der Waals surface area contributed by atoms with Crippen molar-refractivity contribution in [3.05, 3.63) is 12.0 Å². The van der Waals surface area contributed by atoms with Crippen LogP contribution in [-0.4, -0.2) is 17.5 Å². The largest absolute Gasteiger partial charge is 0.457 e. The van der Waals surface area contributed by atoms with Gasteiger partial charge in [0, 0.05) is 20.3 Å². The molecule has 0 radical (unpaired) electrons. The summed E-state index contributed by atoms with van der Waals surface area (Å²) in [5, 5.41) is 8.52. The first kappa shape index (κ1) is 7.41. The minimum atomic E-state index is -0.537. The Morgan fingerprint density at radius 3 is 2.70 bits per heavy atom. The molecule has 0 saturated carbocycles. The first-order valence-corrected chi connectivity index (χ1v) is 3.31. The van der Waals surface area contributed by atoms with Crippen molar-refractivity contribution in [1.82, 2.24) is 0 Å². The average molecular weight is 144 g/mol. The van der Waals surface area contributed by atoms with Gasteiger partial charge in [-0.05, 0) is 0 Å². The van der Waals surface area contributed by atoms with Gasteiger partial charge in [-0.3, -0.25) is 0 Å². The lowest BCUT2D eigenvalue weighted by molar-refractivity contribution is -0.118. The van der Waals surface area contributed by atoms with Crippen LogP contribution in [0.5, 0.6) is 0 Å². The Hall–Kier alpha value is -0.700. The smallest absolute Gasteiger partial charge is 0.244 e. The van der Waals surface area contributed by atoms with E-state index in [4.69, 9.17) is 14.6 Å². The predicted molar refractivity (Wildman–Crippen MR) is 36.0 cm³/mol. The van der Waals surface area contributed by atoms with Crippen molar-refractivity contribution in [3.8, 4) is 0 Å². The van der Waals surface area contributed by atoms with E-state index in [9.17, 15) is 0 Å². The molecule has 10 heavy (non-hydrogen) atoms. The first-order chi connectivity index (χ1) is 4.64. The third-order valence-corrected chi connectivity index (χ3v) is 1.21. The highest BCUT2D eigenvalue weighted by Gasteiger charge is 2.26. The van der Waals surface area contributed by atoms with Crippen LogP contribution < -0.4 is 0 Å². The summed E-state index contributed by atoms with van der Waals surface area (Å²) in [5.41, 5.74) is 0. The summed E-state index contributed by atoms with van der Waals surface area (Å²) in [4.78, 5) is 0. The fourth-order valence-corrected chi connectivity index (χ4v) is 0.792. The molecule has 0 atom stereocenters. The highest BCUT2D eigenvalue weighted by Crippen LogP contribution is 2.25. The molecule has 1 N–H and O–H groups in total. The predicted octanol–water partition coefficient (Wildman–Crippen LogP) is 0.993. The number of hydrogen-bond acceptors (Lipinski definition) is 3. The number of hydrogen-bond donors (Lipinski definition) is 1. The fraction of sp³-hybridized carbons (Fsp3) is 0.714. The summed E-state index contributed by atoms with van der Waals surface area (Å²) < 4.78 is 10.4. The van der Waals surface area contributed by atoms with E-state index in [1.165, 1.54) is 0 Å². The van der Waals surface area contributed by atoms with Crippen molar-refractivity contribution in [2.75, 3.05) is 6.61 Å². The summed E-state index contributed by atoms with van der Waals surface area (Å²) in [6.07, 6.45) is 2.08. The van der Waals surface area contributed by atoms with E-state index < -0.39 is 5.79 Å². The van der Waals surface area contributed by atoms with Crippen LogP contribution in [0.25, 0.3) is 0 Å². The lowest BCUT2D eigenvalue weighted by atomic mass is 10.4. The van der Waals surface area contributed by atoms with E-state index in [-0.39, 0.29) is 6.61 Å². The van der Waals surface area contributed by atoms with Crippen LogP contribution in [0.15, 0.2) is 12.0 Å². The molecule has 3 heteroatoms. The van der Waals surface area contributed by atoms with Crippen LogP contribution in [0.3, 0.4) is 0 Å². The monoisotopic (exact) mass is 144 g/mol. The Morgan fingerprint density at radius 2 is 2.30 bits per heavy atom. The maximum atomic E-state index is 8.52. The summed E-state index contributed by atoms with van der Waals surface area (Å²) in [6.45, 7) is 3.76. The molecule has 0 fully saturated rings. The molecule has 0 unspecified atom stereocenters. The van der Waals surface area contributed by atoms with Crippen LogP contribution in [-0.2, 0) is 9.47 Å². The molecule has 0 aromatic carbocycles. The molecular weight excluding hydrogens is 132 g/mol. The Balaban J connectivity index is 2.39. The van der Waals surface area contributed by atoms with Gasteiger partial charge in [0.1, 0.15) is 12.0 Å². The Morgan fingerprint density at radius 1 is 1.60 bits per heavy atom. The van der Waals surface area contributed by atoms with Crippen molar-refractivity contribution >= 4 is 0 Å². The van der Waals surface area contributed by atoms with E-state index in [1.54, 1.807) is 6.26 Å². The number of aliphatic hydroxyl groups excluding tert-OH is 1. The lowest BCUT2D eigenvalue weighted by Gasteiger charge is -2.17. The maximum Gasteiger partial charge on any atom is 0.244 e. The van der Waals surface area contributed by atoms with E-state index in [0.29, 0.717) is 12.2 Å². The molecule has 1 rings (SSSR count). The molecule has 0 aromatic heterocycles. The van der Waals surface area contributed by atoms with E-state index in [0.717, 1.165) is 0 Å². The third-order valence-electron chi connectivity index (χ3n) is 1.21. The van der Waals surface area contributed by atoms with Crippen molar-refractivity contribution in [2.24, 2.45) is 0 Å². The molecule has 1 aliphatic heterocycles. The van der Waals surface area contributed by atoms with Gasteiger partial charge in [-0.1, -0.05) is 0 Å². The fourth-order valence-electron chi connectivity index (χ4n) is 0.792. The van der Waals surface area contributed by atoms with Crippen LogP contribution in [0.2, 0.25) is 0 Å². The SMILES string of the molecule is CC1(C)OC=C(CCO)O1. The average Bonchev–Trinajstić information content (AvgIpc) is 2.12. The van der Waals surface area contributed by atoms with Gasteiger partial charge in [-0.15, -0.1) is 0 Å². The van der Waals surface area contributed by atoms with Gasteiger partial charge in [0.2, 0.25) is 5.79 Å². The Bertz CT molecular complexity index is 149. The zero-order chi connectivity index (χ0) is 7.61. The van der Waals surface area contributed by atoms with Crippen molar-refractivity contribution in [2.45, 2.75) is 26.1 Å². The molecule has 58 valence electrons. The molecule has 0 spiro atoms. The lowest BCUT2D eigenvalue weighted by Crippen LogP contribution is -2.20. The van der Waals surface area contributed by atoms with Gasteiger partial charge in [0.25, 0.3) is 0 Å². The highest BCUT2D eigenvalue weighted by molar-refractivity contribution is 4.94. The Kier molecular flexibility index (Phi) is 1.85. The number of aliphatic hydroxyl groups is 1. The van der Waals surface area contributed by atoms with Gasteiger partial charge >= 0.3 is 0 Å². The molecule has 0 amide bonds. The van der Waals surface area contributed by atoms with E-state index >= 15 is 0 Å². The summed E-state index contributed by atoms with van der Waals surface area (Å²) in [7, 11) is 0. The maximum absolute atomic E-state index is 8.52. The van der Waals surface area contributed by atoms with Gasteiger partial charge in [-0.2, -0.15) is 0 Å². The first-order valence-electron chi connectivity index (χ1n) is 3.31. The zero-order valence-electron chi connectivity index (χ0n) is 6.26. The second kappa shape index (κ2) is 2.50. The molecule has 1 aliphatic rings. The van der Waals surface area contributed by atoms with Crippen LogP contribution in [0, 0.1) is 0 Å². The minimum absolute atomic E-state index is 0.102. The molecule has 0 bridgehead atoms. The van der Waals surface area contributed by atoms with Crippen molar-refractivity contribution in [3.63, 3.8) is 0 Å². The van der Waals surface area contributed by atoms with Crippen LogP contribution in [0.1, 0.15) is 20.3 Å². The van der Waals surface area contributed by atoms with Crippen LogP contribution >= 0.6 is 0 Å². The Labute approximate surface area is 60.3 Å². The van der Waals surface area contributed by atoms with E-state index in [2.05, 4.69) is 0 Å². The molecule has 0 saturated heterocycles. The standard InChI is InChI=1S/C7H12O3/c1-7(2)9-5-6(10-7)3-4-8/h5,8H,3-4H2,1-2H3. The third kappa shape index (κ3) is 1.64. The van der Waals surface area contributed by atoms with Gasteiger partial charge < -0.3 is 14.6 Å². The second-order valence-corrected chi connectivity index (χ2v) is 2.68. The molecule has 0 aromatic rings. The van der Waals surface area contributed by atoms with Crippen molar-refractivity contribution in [1.29, 1.82) is 0 Å². The van der Waals surface area contributed by atoms with Gasteiger partial charge in [0.05, 0.1) is 6.61 Å². The molecule has 0 aliphatic carbocycles. The van der Waals surface area contributed by atoms with Crippen LogP contribution in [0.4, 0.5) is 0 Å². The second-order valence-electron chi connectivity index (χ2n) is 2.68. The number of ether oxygens (including phenoxy) is 2. The normalized spacial score (nSPS) is 21.3. The summed E-state index contributed by atoms with van der Waals surface area (Å²) >= 11 is 0. The van der Waals surface area contributed by atoms with E-state index in [1.807, 2.05) is 13.8 Å². The summed E-state index contributed by atoms with van der Waals surface area (Å²) in [6, 6.07) is 0. The molecule has 1 heterocycles. The summed E-state index contributed by atoms with van der Waals surface area (Å²) in [5.74, 6) is 0.178. The zero-order valence-corrected chi connectivity index (χ0v) is 6.26. The highest BCUT2D eigenvalue weighted by atomic mass is 16.7. The van der Waals surface area contributed by atoms with Gasteiger partial charge in [0.15, 0.2) is 0 Å². The molecular formula is C7H12O3. The topological polar surface area (TPSA) is 38.7 Å². The number of rotatable bonds is 2. The molecule has 3 nitrogen and oxygen atoms in total. The quantitative estimate of drug-likeness (QED) is 0.628. The minimum Gasteiger partial charge on any atom is -0.457 e. The van der Waals surface area contributed by atoms with Gasteiger partial charge in [-0.25, -0.2) is 0 Å². The van der Waals surface area contributed by atoms with Crippen molar-refractivity contribution < 1.29 is 14.6 Å².